The van der Waals surface area contributed by atoms with Gasteiger partial charge in [0.2, 0.25) is 5.95 Å². The zero-order chi connectivity index (χ0) is 13.7. The second-order valence-corrected chi connectivity index (χ2v) is 5.25. The zero-order valence-corrected chi connectivity index (χ0v) is 12.3. The van der Waals surface area contributed by atoms with Crippen molar-refractivity contribution in [2.45, 2.75) is 39.2 Å². The third-order valence-corrected chi connectivity index (χ3v) is 3.39. The minimum absolute atomic E-state index is 0.804. The van der Waals surface area contributed by atoms with Gasteiger partial charge in [-0.15, -0.1) is 0 Å². The van der Waals surface area contributed by atoms with Crippen molar-refractivity contribution in [3.05, 3.63) is 11.3 Å². The number of nitrogens with one attached hydrogen (secondary N) is 2. The lowest BCUT2D eigenvalue weighted by Gasteiger charge is -2.22. The van der Waals surface area contributed by atoms with Crippen LogP contribution in [0.1, 0.15) is 37.4 Å². The molecule has 1 aromatic heterocycles. The van der Waals surface area contributed by atoms with Crippen molar-refractivity contribution in [1.29, 1.82) is 0 Å². The molecule has 106 valence electrons. The van der Waals surface area contributed by atoms with Crippen LogP contribution in [0.25, 0.3) is 0 Å². The fourth-order valence-corrected chi connectivity index (χ4v) is 2.26. The van der Waals surface area contributed by atoms with E-state index in [0.717, 1.165) is 37.8 Å². The molecule has 2 heterocycles. The zero-order valence-electron chi connectivity index (χ0n) is 12.3. The van der Waals surface area contributed by atoms with Crippen LogP contribution in [0.5, 0.6) is 0 Å². The molecule has 1 aromatic rings. The maximum Gasteiger partial charge on any atom is 0.227 e. The molecule has 0 amide bonds. The summed E-state index contributed by atoms with van der Waals surface area (Å²) in [4.78, 5) is 11.3. The van der Waals surface area contributed by atoms with Gasteiger partial charge in [0.25, 0.3) is 0 Å². The SMILES string of the molecule is CCCCCNc1nc(N(C)C)nc2c1CNCC2. The molecule has 0 spiro atoms. The lowest BCUT2D eigenvalue weighted by Crippen LogP contribution is -2.28. The van der Waals surface area contributed by atoms with E-state index >= 15 is 0 Å². The Hall–Kier alpha value is -1.36. The molecule has 0 atom stereocenters. The fourth-order valence-electron chi connectivity index (χ4n) is 2.26. The lowest BCUT2D eigenvalue weighted by molar-refractivity contribution is 0.625. The summed E-state index contributed by atoms with van der Waals surface area (Å²) in [5.74, 6) is 1.82. The first-order valence-corrected chi connectivity index (χ1v) is 7.24. The van der Waals surface area contributed by atoms with Gasteiger partial charge in [-0.1, -0.05) is 19.8 Å². The number of anilines is 2. The minimum Gasteiger partial charge on any atom is -0.370 e. The smallest absolute Gasteiger partial charge is 0.227 e. The summed E-state index contributed by atoms with van der Waals surface area (Å²) in [7, 11) is 3.98. The molecule has 0 saturated carbocycles. The Morgan fingerprint density at radius 2 is 2.11 bits per heavy atom. The van der Waals surface area contributed by atoms with Gasteiger partial charge in [0.1, 0.15) is 5.82 Å². The van der Waals surface area contributed by atoms with E-state index in [9.17, 15) is 0 Å². The molecule has 0 unspecified atom stereocenters. The van der Waals surface area contributed by atoms with Crippen molar-refractivity contribution in [2.75, 3.05) is 37.4 Å². The van der Waals surface area contributed by atoms with Crippen LogP contribution in [0, 0.1) is 0 Å². The van der Waals surface area contributed by atoms with Crippen LogP contribution in [0.15, 0.2) is 0 Å². The van der Waals surface area contributed by atoms with E-state index in [1.165, 1.54) is 30.5 Å². The Balaban J connectivity index is 2.16. The van der Waals surface area contributed by atoms with Crippen molar-refractivity contribution < 1.29 is 0 Å². The quantitative estimate of drug-likeness (QED) is 0.766. The highest BCUT2D eigenvalue weighted by atomic mass is 15.2. The van der Waals surface area contributed by atoms with Crippen molar-refractivity contribution >= 4 is 11.8 Å². The highest BCUT2D eigenvalue weighted by Crippen LogP contribution is 2.22. The number of nitrogens with zero attached hydrogens (tertiary/aromatic N) is 3. The van der Waals surface area contributed by atoms with Crippen molar-refractivity contribution in [3.8, 4) is 0 Å². The van der Waals surface area contributed by atoms with E-state index in [1.807, 2.05) is 19.0 Å². The van der Waals surface area contributed by atoms with Gasteiger partial charge in [-0.3, -0.25) is 0 Å². The Kier molecular flexibility index (Phi) is 4.96. The molecule has 5 heteroatoms. The summed E-state index contributed by atoms with van der Waals surface area (Å²) >= 11 is 0. The summed E-state index contributed by atoms with van der Waals surface area (Å²) in [6.45, 7) is 5.09. The maximum absolute atomic E-state index is 4.65. The number of aromatic nitrogens is 2. The third-order valence-electron chi connectivity index (χ3n) is 3.39. The largest absolute Gasteiger partial charge is 0.370 e. The van der Waals surface area contributed by atoms with Gasteiger partial charge >= 0.3 is 0 Å². The predicted molar refractivity (Wildman–Crippen MR) is 79.8 cm³/mol. The minimum atomic E-state index is 0.804. The Labute approximate surface area is 115 Å². The van der Waals surface area contributed by atoms with E-state index in [4.69, 9.17) is 0 Å². The van der Waals surface area contributed by atoms with E-state index < -0.39 is 0 Å². The number of fused-ring (bicyclic) bond motifs is 1. The van der Waals surface area contributed by atoms with Crippen molar-refractivity contribution in [3.63, 3.8) is 0 Å². The number of unbranched alkanes of at least 4 members (excludes halogenated alkanes) is 2. The monoisotopic (exact) mass is 263 g/mol. The molecule has 0 saturated heterocycles. The molecule has 0 bridgehead atoms. The molecule has 0 fully saturated rings. The molecule has 2 N–H and O–H groups in total. The van der Waals surface area contributed by atoms with Gasteiger partial charge in [-0.05, 0) is 6.42 Å². The molecular formula is C14H25N5. The molecular weight excluding hydrogens is 238 g/mol. The normalized spacial score (nSPS) is 14.1. The van der Waals surface area contributed by atoms with Crippen LogP contribution in [-0.2, 0) is 13.0 Å². The van der Waals surface area contributed by atoms with Crippen LogP contribution in [-0.4, -0.2) is 37.2 Å². The molecule has 0 aliphatic carbocycles. The molecule has 19 heavy (non-hydrogen) atoms. The van der Waals surface area contributed by atoms with E-state index in [0.29, 0.717) is 0 Å². The highest BCUT2D eigenvalue weighted by molar-refractivity contribution is 5.51. The van der Waals surface area contributed by atoms with Gasteiger partial charge < -0.3 is 15.5 Å². The number of hydrogen-bond donors (Lipinski definition) is 2. The maximum atomic E-state index is 4.65. The Morgan fingerprint density at radius 1 is 1.26 bits per heavy atom. The van der Waals surface area contributed by atoms with Gasteiger partial charge in [0.15, 0.2) is 0 Å². The van der Waals surface area contributed by atoms with E-state index in [2.05, 4.69) is 27.5 Å². The summed E-state index contributed by atoms with van der Waals surface area (Å²) in [5, 5.41) is 6.88. The predicted octanol–water partition coefficient (Wildman–Crippen LogP) is 1.79. The van der Waals surface area contributed by atoms with Crippen molar-refractivity contribution in [2.24, 2.45) is 0 Å². The Morgan fingerprint density at radius 3 is 2.84 bits per heavy atom. The summed E-state index contributed by atoms with van der Waals surface area (Å²) < 4.78 is 0. The van der Waals surface area contributed by atoms with Crippen LogP contribution in [0.2, 0.25) is 0 Å². The first-order chi connectivity index (χ1) is 9.22. The van der Waals surface area contributed by atoms with Crippen LogP contribution < -0.4 is 15.5 Å². The van der Waals surface area contributed by atoms with Crippen LogP contribution in [0.4, 0.5) is 11.8 Å². The molecule has 1 aliphatic heterocycles. The Bertz CT molecular complexity index is 417. The molecule has 0 radical (unpaired) electrons. The molecule has 0 aromatic carbocycles. The average molecular weight is 263 g/mol. The average Bonchev–Trinajstić information content (AvgIpc) is 2.43. The van der Waals surface area contributed by atoms with Gasteiger partial charge in [0, 0.05) is 45.7 Å². The number of hydrogen-bond acceptors (Lipinski definition) is 5. The fraction of sp³-hybridized carbons (Fsp3) is 0.714. The van der Waals surface area contributed by atoms with Crippen LogP contribution in [0.3, 0.4) is 0 Å². The summed E-state index contributed by atoms with van der Waals surface area (Å²) in [6, 6.07) is 0. The highest BCUT2D eigenvalue weighted by Gasteiger charge is 2.17. The molecule has 5 nitrogen and oxygen atoms in total. The molecule has 1 aliphatic rings. The summed E-state index contributed by atoms with van der Waals surface area (Å²) in [6.07, 6.45) is 4.69. The first-order valence-electron chi connectivity index (χ1n) is 7.24. The van der Waals surface area contributed by atoms with Gasteiger partial charge in [-0.2, -0.15) is 4.98 Å². The summed E-state index contributed by atoms with van der Waals surface area (Å²) in [5.41, 5.74) is 2.43. The van der Waals surface area contributed by atoms with Gasteiger partial charge in [-0.25, -0.2) is 4.98 Å². The van der Waals surface area contributed by atoms with Gasteiger partial charge in [0.05, 0.1) is 5.69 Å². The standard InChI is InChI=1S/C14H25N5/c1-4-5-6-8-16-13-11-10-15-9-7-12(11)17-14(18-13)19(2)3/h15H,4-10H2,1-3H3,(H,16,17,18). The lowest BCUT2D eigenvalue weighted by atomic mass is 10.1. The first kappa shape index (κ1) is 14.1. The topological polar surface area (TPSA) is 53.1 Å². The number of rotatable bonds is 6. The van der Waals surface area contributed by atoms with Crippen LogP contribution >= 0.6 is 0 Å². The second-order valence-electron chi connectivity index (χ2n) is 5.25. The second kappa shape index (κ2) is 6.70. The van der Waals surface area contributed by atoms with E-state index in [1.54, 1.807) is 0 Å². The van der Waals surface area contributed by atoms with Crippen molar-refractivity contribution in [1.82, 2.24) is 15.3 Å². The van der Waals surface area contributed by atoms with E-state index in [-0.39, 0.29) is 0 Å². The molecule has 2 rings (SSSR count). The third kappa shape index (κ3) is 3.56.